The number of hydrogen-bond donors (Lipinski definition) is 1. The molecule has 3 heteroatoms. The summed E-state index contributed by atoms with van der Waals surface area (Å²) in [5.74, 6) is -0.0951. The summed E-state index contributed by atoms with van der Waals surface area (Å²) in [4.78, 5) is 16.2. The van der Waals surface area contributed by atoms with Crippen molar-refractivity contribution in [2.75, 3.05) is 0 Å². The Morgan fingerprint density at radius 2 is 2.00 bits per heavy atom. The number of amides is 1. The highest BCUT2D eigenvalue weighted by molar-refractivity contribution is 5.92. The first-order valence-electron chi connectivity index (χ1n) is 6.64. The summed E-state index contributed by atoms with van der Waals surface area (Å²) in [6.45, 7) is 0. The molecule has 1 aliphatic rings. The van der Waals surface area contributed by atoms with E-state index in [0.29, 0.717) is 5.69 Å². The molecule has 0 bridgehead atoms. The van der Waals surface area contributed by atoms with Gasteiger partial charge in [-0.15, -0.1) is 0 Å². The summed E-state index contributed by atoms with van der Waals surface area (Å²) >= 11 is 0. The predicted octanol–water partition coefficient (Wildman–Crippen LogP) is 2.89. The number of aryl methyl sites for hydroxylation is 1. The van der Waals surface area contributed by atoms with E-state index in [9.17, 15) is 4.79 Å². The predicted molar refractivity (Wildman–Crippen MR) is 73.8 cm³/mol. The van der Waals surface area contributed by atoms with E-state index in [2.05, 4.69) is 28.5 Å². The Kier molecular flexibility index (Phi) is 3.27. The zero-order valence-electron chi connectivity index (χ0n) is 10.7. The van der Waals surface area contributed by atoms with Crippen LogP contribution in [0.25, 0.3) is 0 Å². The maximum Gasteiger partial charge on any atom is 0.270 e. The second kappa shape index (κ2) is 5.22. The third-order valence-corrected chi connectivity index (χ3v) is 3.57. The highest BCUT2D eigenvalue weighted by Crippen LogP contribution is 2.29. The van der Waals surface area contributed by atoms with Gasteiger partial charge in [-0.3, -0.25) is 9.78 Å². The molecule has 1 atom stereocenters. The zero-order chi connectivity index (χ0) is 13.1. The highest BCUT2D eigenvalue weighted by Gasteiger charge is 2.21. The Morgan fingerprint density at radius 1 is 1.16 bits per heavy atom. The van der Waals surface area contributed by atoms with E-state index in [1.54, 1.807) is 12.3 Å². The van der Waals surface area contributed by atoms with E-state index in [1.807, 2.05) is 18.2 Å². The Hall–Kier alpha value is -2.16. The lowest BCUT2D eigenvalue weighted by Crippen LogP contribution is -2.31. The standard InChI is InChI=1S/C16H16N2O/c19-16(15-9-3-4-11-17-15)18-14-10-5-7-12-6-1-2-8-13(12)14/h1-4,6,8-9,11,14H,5,7,10H2,(H,18,19)/t14-/m0/s1. The minimum atomic E-state index is -0.0951. The topological polar surface area (TPSA) is 42.0 Å². The maximum atomic E-state index is 12.1. The van der Waals surface area contributed by atoms with Gasteiger partial charge in [0.2, 0.25) is 0 Å². The summed E-state index contributed by atoms with van der Waals surface area (Å²) in [6, 6.07) is 13.8. The second-order valence-corrected chi connectivity index (χ2v) is 4.83. The van der Waals surface area contributed by atoms with E-state index >= 15 is 0 Å². The highest BCUT2D eigenvalue weighted by atomic mass is 16.1. The number of nitrogens with zero attached hydrogens (tertiary/aromatic N) is 1. The van der Waals surface area contributed by atoms with Crippen molar-refractivity contribution in [3.05, 3.63) is 65.5 Å². The van der Waals surface area contributed by atoms with Gasteiger partial charge in [0, 0.05) is 6.20 Å². The van der Waals surface area contributed by atoms with Crippen LogP contribution in [-0.2, 0) is 6.42 Å². The third kappa shape index (κ3) is 2.50. The molecule has 1 aromatic carbocycles. The fourth-order valence-electron chi connectivity index (χ4n) is 2.63. The number of carbonyl (C=O) groups is 1. The fourth-order valence-corrected chi connectivity index (χ4v) is 2.63. The van der Waals surface area contributed by atoms with Crippen LogP contribution in [0.3, 0.4) is 0 Å². The number of benzene rings is 1. The van der Waals surface area contributed by atoms with Crippen LogP contribution in [0.1, 0.15) is 40.5 Å². The summed E-state index contributed by atoms with van der Waals surface area (Å²) in [5, 5.41) is 3.09. The van der Waals surface area contributed by atoms with Gasteiger partial charge in [-0.05, 0) is 42.5 Å². The molecule has 0 saturated carbocycles. The van der Waals surface area contributed by atoms with Crippen molar-refractivity contribution < 1.29 is 4.79 Å². The van der Waals surface area contributed by atoms with Crippen molar-refractivity contribution >= 4 is 5.91 Å². The molecule has 19 heavy (non-hydrogen) atoms. The van der Waals surface area contributed by atoms with Gasteiger partial charge in [0.25, 0.3) is 5.91 Å². The molecular formula is C16H16N2O. The first-order valence-corrected chi connectivity index (χ1v) is 6.64. The molecule has 1 N–H and O–H groups in total. The summed E-state index contributed by atoms with van der Waals surface area (Å²) < 4.78 is 0. The molecule has 1 heterocycles. The van der Waals surface area contributed by atoms with Crippen molar-refractivity contribution in [3.63, 3.8) is 0 Å². The zero-order valence-corrected chi connectivity index (χ0v) is 10.7. The van der Waals surface area contributed by atoms with Crippen molar-refractivity contribution in [3.8, 4) is 0 Å². The van der Waals surface area contributed by atoms with Crippen molar-refractivity contribution in [1.29, 1.82) is 0 Å². The Labute approximate surface area is 112 Å². The van der Waals surface area contributed by atoms with Gasteiger partial charge in [-0.1, -0.05) is 30.3 Å². The quantitative estimate of drug-likeness (QED) is 0.893. The van der Waals surface area contributed by atoms with Gasteiger partial charge < -0.3 is 5.32 Å². The number of fused-ring (bicyclic) bond motifs is 1. The van der Waals surface area contributed by atoms with Gasteiger partial charge in [0.05, 0.1) is 6.04 Å². The summed E-state index contributed by atoms with van der Waals surface area (Å²) in [5.41, 5.74) is 3.07. The van der Waals surface area contributed by atoms with Crippen LogP contribution < -0.4 is 5.32 Å². The lowest BCUT2D eigenvalue weighted by atomic mass is 9.87. The molecule has 1 aliphatic carbocycles. The number of nitrogens with one attached hydrogen (secondary N) is 1. The van der Waals surface area contributed by atoms with Crippen LogP contribution in [-0.4, -0.2) is 10.9 Å². The van der Waals surface area contributed by atoms with E-state index in [-0.39, 0.29) is 11.9 Å². The van der Waals surface area contributed by atoms with E-state index < -0.39 is 0 Å². The molecule has 1 aromatic heterocycles. The number of aromatic nitrogens is 1. The lowest BCUT2D eigenvalue weighted by Gasteiger charge is -2.26. The van der Waals surface area contributed by atoms with Gasteiger partial charge in [0.1, 0.15) is 5.69 Å². The molecule has 96 valence electrons. The Bertz CT molecular complexity index is 580. The SMILES string of the molecule is O=C(N[C@H]1CCCc2ccccc21)c1ccccn1. The number of hydrogen-bond acceptors (Lipinski definition) is 2. The van der Waals surface area contributed by atoms with E-state index in [1.165, 1.54) is 11.1 Å². The first kappa shape index (κ1) is 11.9. The summed E-state index contributed by atoms with van der Waals surface area (Å²) in [7, 11) is 0. The normalized spacial score (nSPS) is 17.6. The van der Waals surface area contributed by atoms with Crippen molar-refractivity contribution in [2.45, 2.75) is 25.3 Å². The minimum Gasteiger partial charge on any atom is -0.344 e. The van der Waals surface area contributed by atoms with Crippen molar-refractivity contribution in [2.24, 2.45) is 0 Å². The van der Waals surface area contributed by atoms with Gasteiger partial charge in [-0.25, -0.2) is 0 Å². The van der Waals surface area contributed by atoms with Crippen LogP contribution in [0, 0.1) is 0 Å². The molecule has 0 radical (unpaired) electrons. The average molecular weight is 252 g/mol. The molecule has 0 unspecified atom stereocenters. The molecule has 3 rings (SSSR count). The van der Waals surface area contributed by atoms with E-state index in [0.717, 1.165) is 19.3 Å². The molecule has 3 nitrogen and oxygen atoms in total. The summed E-state index contributed by atoms with van der Waals surface area (Å²) in [6.07, 6.45) is 4.86. The largest absolute Gasteiger partial charge is 0.344 e. The van der Waals surface area contributed by atoms with Crippen LogP contribution >= 0.6 is 0 Å². The van der Waals surface area contributed by atoms with Crippen LogP contribution in [0.4, 0.5) is 0 Å². The molecule has 0 spiro atoms. The molecule has 2 aromatic rings. The van der Waals surface area contributed by atoms with Crippen LogP contribution in [0.15, 0.2) is 48.7 Å². The molecule has 1 amide bonds. The van der Waals surface area contributed by atoms with Crippen molar-refractivity contribution in [1.82, 2.24) is 10.3 Å². The molecule has 0 fully saturated rings. The van der Waals surface area contributed by atoms with Gasteiger partial charge in [0.15, 0.2) is 0 Å². The lowest BCUT2D eigenvalue weighted by molar-refractivity contribution is 0.0927. The molecule has 0 saturated heterocycles. The second-order valence-electron chi connectivity index (χ2n) is 4.83. The first-order chi connectivity index (χ1) is 9.34. The Balaban J connectivity index is 1.80. The van der Waals surface area contributed by atoms with Crippen LogP contribution in [0.5, 0.6) is 0 Å². The van der Waals surface area contributed by atoms with Crippen LogP contribution in [0.2, 0.25) is 0 Å². The smallest absolute Gasteiger partial charge is 0.270 e. The number of carbonyl (C=O) groups excluding carboxylic acids is 1. The monoisotopic (exact) mass is 252 g/mol. The Morgan fingerprint density at radius 3 is 2.84 bits per heavy atom. The molecular weight excluding hydrogens is 236 g/mol. The average Bonchev–Trinajstić information content (AvgIpc) is 2.48. The number of pyridine rings is 1. The molecule has 0 aliphatic heterocycles. The van der Waals surface area contributed by atoms with Gasteiger partial charge >= 0.3 is 0 Å². The number of rotatable bonds is 2. The van der Waals surface area contributed by atoms with Gasteiger partial charge in [-0.2, -0.15) is 0 Å². The van der Waals surface area contributed by atoms with E-state index in [4.69, 9.17) is 0 Å². The maximum absolute atomic E-state index is 12.1. The fraction of sp³-hybridized carbons (Fsp3) is 0.250. The minimum absolute atomic E-state index is 0.0951. The third-order valence-electron chi connectivity index (χ3n) is 3.57.